The number of ether oxygens (including phenoxy) is 2. The molecule has 1 aromatic heterocycles. The highest BCUT2D eigenvalue weighted by molar-refractivity contribution is 5.81. The van der Waals surface area contributed by atoms with Gasteiger partial charge in [-0.2, -0.15) is 0 Å². The van der Waals surface area contributed by atoms with Crippen molar-refractivity contribution in [2.24, 2.45) is 0 Å². The zero-order chi connectivity index (χ0) is 18.2. The molecule has 0 aliphatic carbocycles. The molecule has 2 aromatic carbocycles. The van der Waals surface area contributed by atoms with E-state index in [0.717, 1.165) is 42.1 Å². The summed E-state index contributed by atoms with van der Waals surface area (Å²) >= 11 is 0. The van der Waals surface area contributed by atoms with Gasteiger partial charge in [0.15, 0.2) is 11.5 Å². The number of aliphatic hydroxyl groups excluding tert-OH is 1. The largest absolute Gasteiger partial charge is 0.454 e. The molecular weight excluding hydrogens is 340 g/mol. The van der Waals surface area contributed by atoms with Gasteiger partial charge in [-0.25, -0.2) is 0 Å². The summed E-state index contributed by atoms with van der Waals surface area (Å²) in [7, 11) is 0. The monoisotopic (exact) mass is 362 g/mol. The summed E-state index contributed by atoms with van der Waals surface area (Å²) in [4.78, 5) is 6.77. The van der Waals surface area contributed by atoms with E-state index in [1.54, 1.807) is 0 Å². The van der Waals surface area contributed by atoms with Crippen molar-refractivity contribution in [2.75, 3.05) is 19.9 Å². The normalized spacial score (nSPS) is 22.3. The average Bonchev–Trinajstić information content (AvgIpc) is 3.16. The van der Waals surface area contributed by atoms with Crippen molar-refractivity contribution in [3.05, 3.63) is 65.9 Å². The Kier molecular flexibility index (Phi) is 4.19. The molecule has 3 heterocycles. The van der Waals surface area contributed by atoms with Crippen LogP contribution in [0.5, 0.6) is 11.5 Å². The second-order valence-corrected chi connectivity index (χ2v) is 7.30. The van der Waals surface area contributed by atoms with Gasteiger partial charge in [0.2, 0.25) is 6.79 Å². The summed E-state index contributed by atoms with van der Waals surface area (Å²) < 4.78 is 10.9. The molecule has 138 valence electrons. The number of para-hydroxylation sites is 1. The molecule has 2 atom stereocenters. The third kappa shape index (κ3) is 3.13. The second-order valence-electron chi connectivity index (χ2n) is 7.30. The summed E-state index contributed by atoms with van der Waals surface area (Å²) in [5.74, 6) is 1.70. The minimum Gasteiger partial charge on any atom is -0.454 e. The van der Waals surface area contributed by atoms with E-state index in [-0.39, 0.29) is 12.7 Å². The third-order valence-electron chi connectivity index (χ3n) is 5.62. The maximum absolute atomic E-state index is 10.8. The van der Waals surface area contributed by atoms with Gasteiger partial charge >= 0.3 is 0 Å². The molecule has 1 N–H and O–H groups in total. The minimum atomic E-state index is -0.396. The fourth-order valence-corrected chi connectivity index (χ4v) is 4.21. The molecular formula is C22H22N2O3. The highest BCUT2D eigenvalue weighted by Crippen LogP contribution is 2.37. The van der Waals surface area contributed by atoms with Crippen LogP contribution in [0.1, 0.15) is 23.5 Å². The average molecular weight is 362 g/mol. The van der Waals surface area contributed by atoms with Crippen LogP contribution in [0.25, 0.3) is 10.9 Å². The number of aromatic nitrogens is 1. The predicted octanol–water partition coefficient (Wildman–Crippen LogP) is 3.31. The summed E-state index contributed by atoms with van der Waals surface area (Å²) in [5.41, 5.74) is 3.40. The first kappa shape index (κ1) is 16.5. The maximum Gasteiger partial charge on any atom is 0.231 e. The molecule has 5 nitrogen and oxygen atoms in total. The lowest BCUT2D eigenvalue weighted by atomic mass is 9.86. The van der Waals surface area contributed by atoms with E-state index in [0.29, 0.717) is 6.54 Å². The van der Waals surface area contributed by atoms with Crippen LogP contribution >= 0.6 is 0 Å². The van der Waals surface area contributed by atoms with E-state index in [4.69, 9.17) is 9.47 Å². The van der Waals surface area contributed by atoms with E-state index in [1.165, 1.54) is 10.9 Å². The molecule has 0 spiro atoms. The Morgan fingerprint density at radius 3 is 2.89 bits per heavy atom. The highest BCUT2D eigenvalue weighted by Gasteiger charge is 2.30. The van der Waals surface area contributed by atoms with Crippen molar-refractivity contribution >= 4 is 10.9 Å². The fraction of sp³-hybridized carbons (Fsp3) is 0.318. The Morgan fingerprint density at radius 1 is 1.07 bits per heavy atom. The number of hydrogen-bond donors (Lipinski definition) is 1. The standard InChI is InChI=1S/C22H22N2O3/c25-20-13-24(12-16-7-9-23-19-4-2-1-3-17(16)19)10-8-18(20)15-5-6-21-22(11-15)27-14-26-21/h1-7,9,11,18,20,25H,8,10,12-14H2/t18-,20+/m0/s1. The Bertz CT molecular complexity index is 969. The Labute approximate surface area is 158 Å². The number of nitrogens with zero attached hydrogens (tertiary/aromatic N) is 2. The number of fused-ring (bicyclic) bond motifs is 2. The van der Waals surface area contributed by atoms with Crippen molar-refractivity contribution in [2.45, 2.75) is 25.0 Å². The molecule has 0 saturated carbocycles. The van der Waals surface area contributed by atoms with Gasteiger partial charge in [-0.1, -0.05) is 24.3 Å². The molecule has 5 rings (SSSR count). The number of rotatable bonds is 3. The van der Waals surface area contributed by atoms with Gasteiger partial charge in [-0.05, 0) is 48.4 Å². The number of pyridine rings is 1. The van der Waals surface area contributed by atoms with Crippen molar-refractivity contribution in [3.63, 3.8) is 0 Å². The number of likely N-dealkylation sites (tertiary alicyclic amines) is 1. The van der Waals surface area contributed by atoms with Crippen molar-refractivity contribution in [1.82, 2.24) is 9.88 Å². The molecule has 1 saturated heterocycles. The number of piperidine rings is 1. The zero-order valence-electron chi connectivity index (χ0n) is 15.0. The number of aliphatic hydroxyl groups is 1. The molecule has 0 amide bonds. The summed E-state index contributed by atoms with van der Waals surface area (Å²) in [6, 6.07) is 16.3. The van der Waals surface area contributed by atoms with E-state index >= 15 is 0 Å². The maximum atomic E-state index is 10.8. The third-order valence-corrected chi connectivity index (χ3v) is 5.62. The van der Waals surface area contributed by atoms with E-state index in [9.17, 15) is 5.11 Å². The van der Waals surface area contributed by atoms with Gasteiger partial charge in [0, 0.05) is 30.6 Å². The van der Waals surface area contributed by atoms with Crippen LogP contribution in [-0.4, -0.2) is 41.0 Å². The zero-order valence-corrected chi connectivity index (χ0v) is 15.0. The number of hydrogen-bond acceptors (Lipinski definition) is 5. The van der Waals surface area contributed by atoms with Gasteiger partial charge in [-0.15, -0.1) is 0 Å². The predicted molar refractivity (Wildman–Crippen MR) is 103 cm³/mol. The molecule has 0 bridgehead atoms. The van der Waals surface area contributed by atoms with E-state index in [2.05, 4.69) is 22.0 Å². The first-order valence-electron chi connectivity index (χ1n) is 9.40. The topological polar surface area (TPSA) is 54.8 Å². The Balaban J connectivity index is 1.31. The van der Waals surface area contributed by atoms with Crippen LogP contribution in [0, 0.1) is 0 Å². The van der Waals surface area contributed by atoms with Crippen molar-refractivity contribution in [3.8, 4) is 11.5 Å². The summed E-state index contributed by atoms with van der Waals surface area (Å²) in [6.07, 6.45) is 2.39. The smallest absolute Gasteiger partial charge is 0.231 e. The molecule has 2 aliphatic rings. The number of benzene rings is 2. The van der Waals surface area contributed by atoms with Crippen LogP contribution in [0.4, 0.5) is 0 Å². The lowest BCUT2D eigenvalue weighted by Crippen LogP contribution is -2.42. The molecule has 27 heavy (non-hydrogen) atoms. The van der Waals surface area contributed by atoms with Gasteiger partial charge in [0.05, 0.1) is 11.6 Å². The fourth-order valence-electron chi connectivity index (χ4n) is 4.21. The van der Waals surface area contributed by atoms with Crippen LogP contribution in [0.3, 0.4) is 0 Å². The molecule has 2 aliphatic heterocycles. The quantitative estimate of drug-likeness (QED) is 0.775. The van der Waals surface area contributed by atoms with Gasteiger partial charge < -0.3 is 14.6 Å². The van der Waals surface area contributed by atoms with Gasteiger partial charge in [0.1, 0.15) is 0 Å². The molecule has 0 unspecified atom stereocenters. The lowest BCUT2D eigenvalue weighted by Gasteiger charge is -2.36. The SMILES string of the molecule is O[C@@H]1CN(Cc2ccnc3ccccc23)CC[C@H]1c1ccc2c(c1)OCO2. The summed E-state index contributed by atoms with van der Waals surface area (Å²) in [6.45, 7) is 2.72. The molecule has 0 radical (unpaired) electrons. The van der Waals surface area contributed by atoms with Crippen LogP contribution < -0.4 is 9.47 Å². The van der Waals surface area contributed by atoms with E-state index < -0.39 is 6.10 Å². The molecule has 5 heteroatoms. The van der Waals surface area contributed by atoms with Crippen molar-refractivity contribution < 1.29 is 14.6 Å². The first-order valence-corrected chi connectivity index (χ1v) is 9.40. The first-order chi connectivity index (χ1) is 13.3. The molecule has 1 fully saturated rings. The molecule has 3 aromatic rings. The van der Waals surface area contributed by atoms with Crippen LogP contribution in [-0.2, 0) is 6.54 Å². The summed E-state index contributed by atoms with van der Waals surface area (Å²) in [5, 5.41) is 12.0. The van der Waals surface area contributed by atoms with Crippen LogP contribution in [0.15, 0.2) is 54.7 Å². The second kappa shape index (κ2) is 6.83. The van der Waals surface area contributed by atoms with Crippen molar-refractivity contribution in [1.29, 1.82) is 0 Å². The lowest BCUT2D eigenvalue weighted by molar-refractivity contribution is 0.0478. The minimum absolute atomic E-state index is 0.130. The Hall–Kier alpha value is -2.63. The van der Waals surface area contributed by atoms with E-state index in [1.807, 2.05) is 42.6 Å². The van der Waals surface area contributed by atoms with Crippen LogP contribution in [0.2, 0.25) is 0 Å². The Morgan fingerprint density at radius 2 is 1.96 bits per heavy atom. The highest BCUT2D eigenvalue weighted by atomic mass is 16.7. The number of β-amino-alcohol motifs (C(OH)–C–C–N with tert-alkyl or cyclic N) is 1. The van der Waals surface area contributed by atoms with Gasteiger partial charge in [-0.3, -0.25) is 9.88 Å². The van der Waals surface area contributed by atoms with Gasteiger partial charge in [0.25, 0.3) is 0 Å².